The number of ether oxygens (including phenoxy) is 1. The Balaban J connectivity index is 2.05. The van der Waals surface area contributed by atoms with Crippen LogP contribution in [0.1, 0.15) is 5.56 Å². The van der Waals surface area contributed by atoms with Crippen molar-refractivity contribution < 1.29 is 31.6 Å². The number of nitrogens with one attached hydrogen (secondary N) is 1. The minimum atomic E-state index is -4.28. The highest BCUT2D eigenvalue weighted by atomic mass is 32.2. The standard InChI is InChI=1S/C20H18N2O8S2/c1-13-10-14(21-32(28,29)18-5-3-4-15(12-18)22(24)25)11-19(20(13)23)31(26,27)17-8-6-16(30-2)7-9-17/h3-12,21,23H,1-2H3. The van der Waals surface area contributed by atoms with Crippen molar-refractivity contribution >= 4 is 31.2 Å². The van der Waals surface area contributed by atoms with Crippen LogP contribution in [0.4, 0.5) is 11.4 Å². The Morgan fingerprint density at radius 1 is 0.969 bits per heavy atom. The lowest BCUT2D eigenvalue weighted by molar-refractivity contribution is -0.385. The molecule has 0 bridgehead atoms. The van der Waals surface area contributed by atoms with Crippen LogP contribution in [0.25, 0.3) is 0 Å². The van der Waals surface area contributed by atoms with E-state index in [4.69, 9.17) is 4.74 Å². The molecule has 0 saturated heterocycles. The molecule has 2 N–H and O–H groups in total. The van der Waals surface area contributed by atoms with Gasteiger partial charge < -0.3 is 9.84 Å². The van der Waals surface area contributed by atoms with Gasteiger partial charge in [-0.15, -0.1) is 0 Å². The van der Waals surface area contributed by atoms with Crippen LogP contribution in [0.15, 0.2) is 75.4 Å². The zero-order valence-electron chi connectivity index (χ0n) is 16.8. The molecule has 12 heteroatoms. The maximum atomic E-state index is 13.1. The summed E-state index contributed by atoms with van der Waals surface area (Å²) in [6.45, 7) is 1.41. The molecule has 0 unspecified atom stereocenters. The van der Waals surface area contributed by atoms with E-state index in [2.05, 4.69) is 4.72 Å². The van der Waals surface area contributed by atoms with Gasteiger partial charge >= 0.3 is 0 Å². The Kier molecular flexibility index (Phi) is 6.10. The summed E-state index contributed by atoms with van der Waals surface area (Å²) in [6.07, 6.45) is 0. The fourth-order valence-electron chi connectivity index (χ4n) is 2.87. The molecule has 0 fully saturated rings. The molecule has 0 aliphatic carbocycles. The number of phenolic OH excluding ortho intramolecular Hbond substituents is 1. The second kappa shape index (κ2) is 8.48. The zero-order chi connectivity index (χ0) is 23.7. The van der Waals surface area contributed by atoms with Crippen LogP contribution < -0.4 is 9.46 Å². The van der Waals surface area contributed by atoms with Crippen molar-refractivity contribution in [3.8, 4) is 11.5 Å². The van der Waals surface area contributed by atoms with E-state index in [0.717, 1.165) is 24.3 Å². The summed E-state index contributed by atoms with van der Waals surface area (Å²) in [5.41, 5.74) is -0.451. The number of aromatic hydroxyl groups is 1. The van der Waals surface area contributed by atoms with Gasteiger partial charge in [-0.05, 0) is 55.0 Å². The molecule has 0 aliphatic rings. The number of rotatable bonds is 7. The second-order valence-corrected chi connectivity index (χ2v) is 10.3. The molecule has 3 rings (SSSR count). The summed E-state index contributed by atoms with van der Waals surface area (Å²) in [5, 5.41) is 21.3. The number of anilines is 1. The molecule has 0 aromatic heterocycles. The molecule has 32 heavy (non-hydrogen) atoms. The lowest BCUT2D eigenvalue weighted by Crippen LogP contribution is -2.14. The first-order valence-electron chi connectivity index (χ1n) is 8.96. The molecular formula is C20H18N2O8S2. The van der Waals surface area contributed by atoms with Crippen LogP contribution in [0, 0.1) is 17.0 Å². The third-order valence-corrected chi connectivity index (χ3v) is 7.68. The van der Waals surface area contributed by atoms with Crippen LogP contribution in [0.3, 0.4) is 0 Å². The number of sulfone groups is 1. The normalized spacial score (nSPS) is 11.7. The number of sulfonamides is 1. The quantitative estimate of drug-likeness (QED) is 0.298. The van der Waals surface area contributed by atoms with Gasteiger partial charge in [0.2, 0.25) is 9.84 Å². The molecule has 0 spiro atoms. The number of non-ortho nitro benzene ring substituents is 1. The molecule has 3 aromatic carbocycles. The van der Waals surface area contributed by atoms with Crippen molar-refractivity contribution in [2.24, 2.45) is 0 Å². The van der Waals surface area contributed by atoms with Crippen molar-refractivity contribution in [3.63, 3.8) is 0 Å². The second-order valence-electron chi connectivity index (χ2n) is 6.68. The van der Waals surface area contributed by atoms with Crippen molar-refractivity contribution in [2.75, 3.05) is 11.8 Å². The predicted octanol–water partition coefficient (Wildman–Crippen LogP) is 3.25. The molecular weight excluding hydrogens is 460 g/mol. The third kappa shape index (κ3) is 4.50. The highest BCUT2D eigenvalue weighted by Crippen LogP contribution is 2.35. The Hall–Kier alpha value is -3.64. The SMILES string of the molecule is COc1ccc(S(=O)(=O)c2cc(NS(=O)(=O)c3cccc([N+](=O)[O-])c3)cc(C)c2O)cc1. The topological polar surface area (TPSA) is 153 Å². The molecule has 168 valence electrons. The van der Waals surface area contributed by atoms with E-state index < -0.39 is 41.1 Å². The largest absolute Gasteiger partial charge is 0.506 e. The van der Waals surface area contributed by atoms with Crippen LogP contribution in [0.2, 0.25) is 0 Å². The minimum absolute atomic E-state index is 0.108. The number of nitro groups is 1. The van der Waals surface area contributed by atoms with E-state index in [-0.39, 0.29) is 21.0 Å². The average molecular weight is 479 g/mol. The molecule has 0 aliphatic heterocycles. The Morgan fingerprint density at radius 2 is 1.62 bits per heavy atom. The van der Waals surface area contributed by atoms with Crippen LogP contribution in [-0.4, -0.2) is 34.0 Å². The highest BCUT2D eigenvalue weighted by molar-refractivity contribution is 7.93. The van der Waals surface area contributed by atoms with Gasteiger partial charge in [0.25, 0.3) is 15.7 Å². The van der Waals surface area contributed by atoms with Gasteiger partial charge in [0.15, 0.2) is 0 Å². The van der Waals surface area contributed by atoms with Crippen molar-refractivity contribution in [1.29, 1.82) is 0 Å². The third-order valence-electron chi connectivity index (χ3n) is 4.52. The van der Waals surface area contributed by atoms with Gasteiger partial charge in [0.1, 0.15) is 16.4 Å². The van der Waals surface area contributed by atoms with Crippen LogP contribution in [-0.2, 0) is 19.9 Å². The number of nitro benzene ring substituents is 1. The average Bonchev–Trinajstić information content (AvgIpc) is 2.76. The number of benzene rings is 3. The van der Waals surface area contributed by atoms with Crippen molar-refractivity contribution in [1.82, 2.24) is 0 Å². The minimum Gasteiger partial charge on any atom is -0.506 e. The highest BCUT2D eigenvalue weighted by Gasteiger charge is 2.25. The maximum absolute atomic E-state index is 13.1. The number of phenols is 1. The predicted molar refractivity (Wildman–Crippen MR) is 115 cm³/mol. The van der Waals surface area contributed by atoms with E-state index >= 15 is 0 Å². The van der Waals surface area contributed by atoms with E-state index in [1.165, 1.54) is 50.4 Å². The number of hydrogen-bond donors (Lipinski definition) is 2. The van der Waals surface area contributed by atoms with Gasteiger partial charge in [-0.3, -0.25) is 14.8 Å². The van der Waals surface area contributed by atoms with Crippen LogP contribution >= 0.6 is 0 Å². The van der Waals surface area contributed by atoms with Gasteiger partial charge in [-0.2, -0.15) is 0 Å². The smallest absolute Gasteiger partial charge is 0.270 e. The van der Waals surface area contributed by atoms with E-state index in [1.54, 1.807) is 0 Å². The Bertz CT molecular complexity index is 1400. The van der Waals surface area contributed by atoms with Gasteiger partial charge in [0.05, 0.1) is 27.5 Å². The molecule has 0 heterocycles. The van der Waals surface area contributed by atoms with E-state index in [9.17, 15) is 32.1 Å². The lowest BCUT2D eigenvalue weighted by Gasteiger charge is -2.14. The number of nitrogens with zero attached hydrogens (tertiary/aromatic N) is 1. The van der Waals surface area contributed by atoms with E-state index in [0.29, 0.717) is 5.75 Å². The van der Waals surface area contributed by atoms with E-state index in [1.807, 2.05) is 0 Å². The van der Waals surface area contributed by atoms with Crippen LogP contribution in [0.5, 0.6) is 11.5 Å². The summed E-state index contributed by atoms with van der Waals surface area (Å²) >= 11 is 0. The number of methoxy groups -OCH3 is 1. The first-order valence-corrected chi connectivity index (χ1v) is 11.9. The molecule has 10 nitrogen and oxygen atoms in total. The van der Waals surface area contributed by atoms with Gasteiger partial charge in [-0.1, -0.05) is 6.07 Å². The van der Waals surface area contributed by atoms with Crippen molar-refractivity contribution in [3.05, 3.63) is 76.3 Å². The number of hydrogen-bond acceptors (Lipinski definition) is 8. The molecule has 0 saturated carbocycles. The molecule has 0 radical (unpaired) electrons. The first-order chi connectivity index (χ1) is 15.0. The molecule has 3 aromatic rings. The van der Waals surface area contributed by atoms with Gasteiger partial charge in [0, 0.05) is 12.1 Å². The first kappa shape index (κ1) is 23.0. The summed E-state index contributed by atoms with van der Waals surface area (Å²) in [5.74, 6) is -0.0954. The summed E-state index contributed by atoms with van der Waals surface area (Å²) < 4.78 is 58.8. The summed E-state index contributed by atoms with van der Waals surface area (Å²) in [4.78, 5) is 9.19. The van der Waals surface area contributed by atoms with Crippen molar-refractivity contribution in [2.45, 2.75) is 21.6 Å². The zero-order valence-corrected chi connectivity index (χ0v) is 18.5. The fraction of sp³-hybridized carbons (Fsp3) is 0.100. The number of aryl methyl sites for hydroxylation is 1. The lowest BCUT2D eigenvalue weighted by atomic mass is 10.2. The summed E-state index contributed by atoms with van der Waals surface area (Å²) in [7, 11) is -7.06. The maximum Gasteiger partial charge on any atom is 0.270 e. The Morgan fingerprint density at radius 3 is 2.22 bits per heavy atom. The monoisotopic (exact) mass is 478 g/mol. The molecule has 0 atom stereocenters. The van der Waals surface area contributed by atoms with Gasteiger partial charge in [-0.25, -0.2) is 16.8 Å². The Labute approximate surface area is 184 Å². The molecule has 0 amide bonds. The summed E-state index contributed by atoms with van der Waals surface area (Å²) in [6, 6.07) is 12.1. The fourth-order valence-corrected chi connectivity index (χ4v) is 5.40.